The van der Waals surface area contributed by atoms with Crippen LogP contribution in [0.2, 0.25) is 0 Å². The Balaban J connectivity index is 0.00000248. The van der Waals surface area contributed by atoms with Gasteiger partial charge in [0.2, 0.25) is 5.95 Å². The maximum atomic E-state index is 6.36. The average Bonchev–Trinajstić information content (AvgIpc) is 3.54. The van der Waals surface area contributed by atoms with Crippen LogP contribution in [0.4, 0.5) is 0 Å². The Bertz CT molecular complexity index is 2620. The molecule has 0 fully saturated rings. The molecular formula is C48H33N5O2Pd2. The number of aromatic nitrogens is 5. The van der Waals surface area contributed by atoms with Crippen LogP contribution in [-0.4, -0.2) is 24.5 Å². The van der Waals surface area contributed by atoms with Crippen LogP contribution in [0, 0.1) is 30.2 Å². The smallest absolute Gasteiger partial charge is 0.503 e. The molecule has 0 amide bonds. The fraction of sp³-hybridized carbons (Fsp3) is 0.0833. The second kappa shape index (κ2) is 17.6. The molecule has 282 valence electrons. The quantitative estimate of drug-likeness (QED) is 0.100. The summed E-state index contributed by atoms with van der Waals surface area (Å²) in [5.74, 6) is 3.19. The van der Waals surface area contributed by atoms with Gasteiger partial charge in [0.05, 0.1) is 0 Å². The SMILES string of the molecule is CC(C)Cc1ccc(-c2cnc(-n3c4[c-]c(Oc5[c-]c(-c6ccccn6)ccc5)ccc4c4ccc(Oc5[c-]c(-c6ccccn6)ccc5)[c-]c43)nc2)cc1.[Pd+2].[Pd+2]. The topological polar surface area (TPSA) is 75.0 Å². The summed E-state index contributed by atoms with van der Waals surface area (Å²) in [7, 11) is 0. The summed E-state index contributed by atoms with van der Waals surface area (Å²) in [6.07, 6.45) is 8.28. The monoisotopic (exact) mass is 923 g/mol. The average molecular weight is 925 g/mol. The molecule has 0 saturated heterocycles. The zero-order valence-electron chi connectivity index (χ0n) is 30.8. The van der Waals surface area contributed by atoms with Gasteiger partial charge in [0.1, 0.15) is 0 Å². The number of ether oxygens (including phenoxy) is 2. The van der Waals surface area contributed by atoms with Gasteiger partial charge >= 0.3 is 40.8 Å². The van der Waals surface area contributed by atoms with E-state index >= 15 is 0 Å². The zero-order chi connectivity index (χ0) is 37.1. The van der Waals surface area contributed by atoms with E-state index in [-0.39, 0.29) is 40.8 Å². The molecule has 5 aromatic carbocycles. The third-order valence-electron chi connectivity index (χ3n) is 9.16. The van der Waals surface area contributed by atoms with E-state index in [0.717, 1.165) is 61.9 Å². The minimum atomic E-state index is 0. The van der Waals surface area contributed by atoms with Crippen molar-refractivity contribution >= 4 is 21.8 Å². The van der Waals surface area contributed by atoms with Crippen molar-refractivity contribution in [3.05, 3.63) is 176 Å². The second-order valence-electron chi connectivity index (χ2n) is 13.6. The number of pyridine rings is 2. The predicted molar refractivity (Wildman–Crippen MR) is 215 cm³/mol. The summed E-state index contributed by atoms with van der Waals surface area (Å²) in [5.41, 5.74) is 8.05. The first-order valence-electron chi connectivity index (χ1n) is 18.1. The van der Waals surface area contributed by atoms with Gasteiger partial charge in [-0.05, 0) is 47.0 Å². The van der Waals surface area contributed by atoms with Crippen molar-refractivity contribution < 1.29 is 50.3 Å². The molecule has 57 heavy (non-hydrogen) atoms. The van der Waals surface area contributed by atoms with Crippen molar-refractivity contribution in [1.29, 1.82) is 0 Å². The zero-order valence-corrected chi connectivity index (χ0v) is 33.9. The Morgan fingerprint density at radius 1 is 0.509 bits per heavy atom. The molecule has 0 N–H and O–H groups in total. The van der Waals surface area contributed by atoms with E-state index in [1.807, 2.05) is 114 Å². The van der Waals surface area contributed by atoms with Crippen LogP contribution < -0.4 is 9.47 Å². The fourth-order valence-corrected chi connectivity index (χ4v) is 6.63. The van der Waals surface area contributed by atoms with Crippen LogP contribution in [0.1, 0.15) is 19.4 Å². The van der Waals surface area contributed by atoms with Gasteiger partial charge in [0.15, 0.2) is 0 Å². The van der Waals surface area contributed by atoms with Gasteiger partial charge in [-0.15, -0.1) is 71.8 Å². The van der Waals surface area contributed by atoms with Crippen LogP contribution in [0.15, 0.2) is 146 Å². The van der Waals surface area contributed by atoms with Crippen molar-refractivity contribution in [1.82, 2.24) is 24.5 Å². The Kier molecular flexibility index (Phi) is 12.1. The number of rotatable bonds is 10. The van der Waals surface area contributed by atoms with Gasteiger partial charge in [-0.2, -0.15) is 22.9 Å². The third-order valence-corrected chi connectivity index (χ3v) is 9.16. The molecule has 7 nitrogen and oxygen atoms in total. The summed E-state index contributed by atoms with van der Waals surface area (Å²) in [6.45, 7) is 4.46. The molecule has 4 heterocycles. The molecule has 4 aromatic heterocycles. The van der Waals surface area contributed by atoms with Crippen LogP contribution in [-0.2, 0) is 47.3 Å². The standard InChI is InChI=1S/C48H33N5O2.2Pd/c1-32(2)25-33-15-17-34(18-16-33)37-30-51-48(52-31-37)53-46-28-40(54-38-11-7-9-35(26-38)44-13-3-5-23-49-44)19-21-42(46)43-22-20-41(29-47(43)53)55-39-12-8-10-36(27-39)45-14-4-6-24-50-45;;/h3-24,30-32H,25H2,1-2H3;;/q-4;2*+2. The molecule has 0 atom stereocenters. The molecule has 9 heteroatoms. The molecule has 9 rings (SSSR count). The Labute approximate surface area is 359 Å². The van der Waals surface area contributed by atoms with Crippen molar-refractivity contribution in [2.45, 2.75) is 20.3 Å². The molecule has 0 unspecified atom stereocenters. The molecule has 0 saturated carbocycles. The minimum Gasteiger partial charge on any atom is -0.503 e. The Morgan fingerprint density at radius 2 is 1.02 bits per heavy atom. The molecule has 0 spiro atoms. The van der Waals surface area contributed by atoms with Crippen LogP contribution in [0.25, 0.3) is 61.4 Å². The maximum absolute atomic E-state index is 6.36. The summed E-state index contributed by atoms with van der Waals surface area (Å²) in [5, 5.41) is 1.88. The summed E-state index contributed by atoms with van der Waals surface area (Å²) in [6, 6.07) is 53.3. The van der Waals surface area contributed by atoms with E-state index in [2.05, 4.69) is 72.3 Å². The van der Waals surface area contributed by atoms with E-state index in [9.17, 15) is 0 Å². The number of nitrogens with zero attached hydrogens (tertiary/aromatic N) is 5. The molecule has 0 bridgehead atoms. The predicted octanol–water partition coefficient (Wildman–Crippen LogP) is 11.3. The van der Waals surface area contributed by atoms with Crippen molar-refractivity contribution in [2.75, 3.05) is 0 Å². The first kappa shape index (κ1) is 39.4. The van der Waals surface area contributed by atoms with Gasteiger partial charge in [-0.25, -0.2) is 9.97 Å². The molecular weight excluding hydrogens is 891 g/mol. The number of hydrogen-bond acceptors (Lipinski definition) is 6. The van der Waals surface area contributed by atoms with Crippen LogP contribution in [0.5, 0.6) is 23.0 Å². The summed E-state index contributed by atoms with van der Waals surface area (Å²) in [4.78, 5) is 18.7. The minimum absolute atomic E-state index is 0. The van der Waals surface area contributed by atoms with E-state index in [0.29, 0.717) is 34.9 Å². The van der Waals surface area contributed by atoms with Crippen LogP contribution >= 0.6 is 0 Å². The van der Waals surface area contributed by atoms with Crippen LogP contribution in [0.3, 0.4) is 0 Å². The second-order valence-corrected chi connectivity index (χ2v) is 13.6. The normalized spacial score (nSPS) is 10.9. The van der Waals surface area contributed by atoms with E-state index in [1.54, 1.807) is 12.4 Å². The van der Waals surface area contributed by atoms with E-state index < -0.39 is 0 Å². The fourth-order valence-electron chi connectivity index (χ4n) is 6.63. The molecule has 0 aliphatic carbocycles. The Morgan fingerprint density at radius 3 is 1.49 bits per heavy atom. The van der Waals surface area contributed by atoms with Crippen molar-refractivity contribution in [3.63, 3.8) is 0 Å². The molecule has 0 radical (unpaired) electrons. The summed E-state index contributed by atoms with van der Waals surface area (Å²) < 4.78 is 14.7. The Hall–Kier alpha value is -5.80. The van der Waals surface area contributed by atoms with E-state index in [1.165, 1.54) is 5.56 Å². The van der Waals surface area contributed by atoms with Crippen molar-refractivity contribution in [2.24, 2.45) is 5.92 Å². The van der Waals surface area contributed by atoms with Gasteiger partial charge in [0, 0.05) is 53.3 Å². The van der Waals surface area contributed by atoms with Gasteiger partial charge in [0.25, 0.3) is 0 Å². The third kappa shape index (κ3) is 8.64. The van der Waals surface area contributed by atoms with Gasteiger partial charge < -0.3 is 24.0 Å². The number of hydrogen-bond donors (Lipinski definition) is 0. The molecule has 0 aliphatic heterocycles. The van der Waals surface area contributed by atoms with Gasteiger partial charge in [-0.3, -0.25) is 0 Å². The first-order chi connectivity index (χ1) is 27.0. The van der Waals surface area contributed by atoms with Gasteiger partial charge in [-0.1, -0.05) is 85.5 Å². The maximum Gasteiger partial charge on any atom is 2.00 e. The molecule has 9 aromatic rings. The molecule has 0 aliphatic rings. The van der Waals surface area contributed by atoms with E-state index in [4.69, 9.17) is 19.4 Å². The largest absolute Gasteiger partial charge is 2.00 e. The number of benzene rings is 5. The summed E-state index contributed by atoms with van der Waals surface area (Å²) >= 11 is 0. The number of fused-ring (bicyclic) bond motifs is 3. The first-order valence-corrected chi connectivity index (χ1v) is 18.1. The van der Waals surface area contributed by atoms with Crippen molar-refractivity contribution in [3.8, 4) is 62.6 Å².